The molecule has 0 radical (unpaired) electrons. The van der Waals surface area contributed by atoms with Crippen molar-refractivity contribution in [3.8, 4) is 11.5 Å². The molecule has 146 valence electrons. The van der Waals surface area contributed by atoms with Crippen LogP contribution in [0.5, 0.6) is 11.5 Å². The fourth-order valence-corrected chi connectivity index (χ4v) is 2.74. The van der Waals surface area contributed by atoms with Gasteiger partial charge in [0.1, 0.15) is 6.42 Å². The van der Waals surface area contributed by atoms with Gasteiger partial charge in [-0.3, -0.25) is 9.59 Å². The van der Waals surface area contributed by atoms with Crippen LogP contribution in [-0.2, 0) is 16.0 Å². The van der Waals surface area contributed by atoms with Gasteiger partial charge < -0.3 is 15.2 Å². The van der Waals surface area contributed by atoms with Gasteiger partial charge in [0.15, 0.2) is 11.5 Å². The molecule has 2 aromatic carbocycles. The first-order chi connectivity index (χ1) is 13.4. The first-order valence-electron chi connectivity index (χ1n) is 8.31. The predicted molar refractivity (Wildman–Crippen MR) is 112 cm³/mol. The van der Waals surface area contributed by atoms with Crippen LogP contribution in [0.1, 0.15) is 17.5 Å². The zero-order valence-corrected chi connectivity index (χ0v) is 16.8. The predicted octanol–water partition coefficient (Wildman–Crippen LogP) is 3.37. The Hall–Kier alpha value is -3.13. The van der Waals surface area contributed by atoms with Gasteiger partial charge >= 0.3 is 0 Å². The second-order valence-corrected chi connectivity index (χ2v) is 6.58. The summed E-state index contributed by atoms with van der Waals surface area (Å²) >= 11 is 3.32. The summed E-state index contributed by atoms with van der Waals surface area (Å²) in [7, 11) is 1.44. The Labute approximate surface area is 171 Å². The number of aromatic hydroxyl groups is 1. The number of rotatable bonds is 8. The highest BCUT2D eigenvalue weighted by Crippen LogP contribution is 2.31. The number of anilines is 1. The van der Waals surface area contributed by atoms with Gasteiger partial charge in [0.05, 0.1) is 19.0 Å². The maximum absolute atomic E-state index is 11.9. The van der Waals surface area contributed by atoms with Crippen LogP contribution in [0.3, 0.4) is 0 Å². The summed E-state index contributed by atoms with van der Waals surface area (Å²) in [4.78, 5) is 23.8. The summed E-state index contributed by atoms with van der Waals surface area (Å²) in [5.41, 5.74) is 4.11. The SMILES string of the molecule is C=CCc1cc(/C=N/NC(=O)CC(=O)Nc2ccccc2Br)cc(OC)c1O. The maximum atomic E-state index is 11.9. The van der Waals surface area contributed by atoms with Crippen molar-refractivity contribution in [2.75, 3.05) is 12.4 Å². The second kappa shape index (κ2) is 10.3. The van der Waals surface area contributed by atoms with E-state index in [9.17, 15) is 14.7 Å². The highest BCUT2D eigenvalue weighted by atomic mass is 79.9. The van der Waals surface area contributed by atoms with Gasteiger partial charge in [-0.25, -0.2) is 5.43 Å². The van der Waals surface area contributed by atoms with Gasteiger partial charge in [-0.05, 0) is 52.2 Å². The first kappa shape index (κ1) is 21.2. The van der Waals surface area contributed by atoms with Gasteiger partial charge in [-0.1, -0.05) is 18.2 Å². The van der Waals surface area contributed by atoms with Crippen LogP contribution >= 0.6 is 15.9 Å². The standard InChI is InChI=1S/C20H20BrN3O4/c1-3-6-14-9-13(10-17(28-2)20(14)27)12-22-24-19(26)11-18(25)23-16-8-5-4-7-15(16)21/h3-5,7-10,12,27H,1,6,11H2,2H3,(H,23,25)(H,24,26)/b22-12+. The minimum Gasteiger partial charge on any atom is -0.504 e. The molecular weight excluding hydrogens is 426 g/mol. The minimum atomic E-state index is -0.558. The number of benzene rings is 2. The second-order valence-electron chi connectivity index (χ2n) is 5.72. The molecule has 2 aromatic rings. The molecule has 3 N–H and O–H groups in total. The van der Waals surface area contributed by atoms with Crippen molar-refractivity contribution in [1.29, 1.82) is 0 Å². The molecule has 2 rings (SSSR count). The number of hydrogen-bond acceptors (Lipinski definition) is 5. The molecule has 0 unspecified atom stereocenters. The summed E-state index contributed by atoms with van der Waals surface area (Å²) in [6.45, 7) is 3.65. The quantitative estimate of drug-likeness (QED) is 0.251. The van der Waals surface area contributed by atoms with Gasteiger partial charge in [0, 0.05) is 10.0 Å². The Morgan fingerprint density at radius 2 is 2.04 bits per heavy atom. The van der Waals surface area contributed by atoms with Crippen molar-refractivity contribution in [2.45, 2.75) is 12.8 Å². The Morgan fingerprint density at radius 1 is 1.29 bits per heavy atom. The molecule has 28 heavy (non-hydrogen) atoms. The lowest BCUT2D eigenvalue weighted by molar-refractivity contribution is -0.126. The van der Waals surface area contributed by atoms with Crippen molar-refractivity contribution in [1.82, 2.24) is 5.43 Å². The smallest absolute Gasteiger partial charge is 0.249 e. The van der Waals surface area contributed by atoms with Crippen molar-refractivity contribution in [2.24, 2.45) is 5.10 Å². The molecule has 8 heteroatoms. The third-order valence-corrected chi connectivity index (χ3v) is 4.32. The average molecular weight is 446 g/mol. The number of hydrazone groups is 1. The maximum Gasteiger partial charge on any atom is 0.249 e. The van der Waals surface area contributed by atoms with Crippen LogP contribution in [0, 0.1) is 0 Å². The molecule has 0 aliphatic heterocycles. The number of carbonyl (C=O) groups excluding carboxylic acids is 2. The number of methoxy groups -OCH3 is 1. The van der Waals surface area contributed by atoms with Crippen LogP contribution in [0.4, 0.5) is 5.69 Å². The van der Waals surface area contributed by atoms with Crippen LogP contribution in [-0.4, -0.2) is 30.2 Å². The number of halogens is 1. The number of phenolic OH excluding ortho intramolecular Hbond substituents is 1. The van der Waals surface area contributed by atoms with Gasteiger partial charge in [0.2, 0.25) is 11.8 Å². The molecule has 0 aliphatic rings. The van der Waals surface area contributed by atoms with E-state index in [4.69, 9.17) is 4.74 Å². The van der Waals surface area contributed by atoms with E-state index < -0.39 is 11.8 Å². The van der Waals surface area contributed by atoms with Crippen molar-refractivity contribution in [3.63, 3.8) is 0 Å². The van der Waals surface area contributed by atoms with Crippen LogP contribution < -0.4 is 15.5 Å². The van der Waals surface area contributed by atoms with Crippen LogP contribution in [0.25, 0.3) is 0 Å². The summed E-state index contributed by atoms with van der Waals surface area (Å²) < 4.78 is 5.85. The van der Waals surface area contributed by atoms with E-state index in [1.807, 2.05) is 6.07 Å². The molecule has 0 spiro atoms. The van der Waals surface area contributed by atoms with Crippen LogP contribution in [0.15, 0.2) is 58.6 Å². The lowest BCUT2D eigenvalue weighted by Gasteiger charge is -2.09. The number of ether oxygens (including phenoxy) is 1. The number of phenols is 1. The van der Waals surface area contributed by atoms with E-state index in [1.54, 1.807) is 36.4 Å². The lowest BCUT2D eigenvalue weighted by atomic mass is 10.1. The third-order valence-electron chi connectivity index (χ3n) is 3.63. The van der Waals surface area contributed by atoms with Gasteiger partial charge in [-0.2, -0.15) is 5.10 Å². The van der Waals surface area contributed by atoms with E-state index in [-0.39, 0.29) is 12.2 Å². The molecule has 0 saturated heterocycles. The number of hydrogen-bond donors (Lipinski definition) is 3. The third kappa shape index (κ3) is 5.95. The van der Waals surface area contributed by atoms with Crippen molar-refractivity contribution in [3.05, 3.63) is 64.7 Å². The Kier molecular flexibility index (Phi) is 7.76. The molecule has 0 saturated carbocycles. The number of carbonyl (C=O) groups is 2. The van der Waals surface area contributed by atoms with Crippen molar-refractivity contribution >= 4 is 39.6 Å². The molecule has 0 aromatic heterocycles. The van der Waals surface area contributed by atoms with E-state index in [2.05, 4.69) is 38.4 Å². The van der Waals surface area contributed by atoms with E-state index in [0.29, 0.717) is 29.0 Å². The number of nitrogens with one attached hydrogen (secondary N) is 2. The first-order valence-corrected chi connectivity index (χ1v) is 9.11. The normalized spacial score (nSPS) is 10.5. The number of amides is 2. The summed E-state index contributed by atoms with van der Waals surface area (Å²) in [5.74, 6) is -0.690. The van der Waals surface area contributed by atoms with E-state index >= 15 is 0 Å². The molecule has 2 amide bonds. The van der Waals surface area contributed by atoms with E-state index in [1.165, 1.54) is 13.3 Å². The molecular formula is C20H20BrN3O4. The average Bonchev–Trinajstić information content (AvgIpc) is 2.66. The largest absolute Gasteiger partial charge is 0.504 e. The summed E-state index contributed by atoms with van der Waals surface area (Å²) in [6, 6.07) is 10.4. The molecule has 0 aliphatic carbocycles. The molecule has 0 bridgehead atoms. The molecule has 7 nitrogen and oxygen atoms in total. The Bertz CT molecular complexity index is 912. The minimum absolute atomic E-state index is 0.0346. The fourth-order valence-electron chi connectivity index (χ4n) is 2.35. The fraction of sp³-hybridized carbons (Fsp3) is 0.150. The number of allylic oxidation sites excluding steroid dienone is 1. The Morgan fingerprint density at radius 3 is 2.71 bits per heavy atom. The zero-order valence-electron chi connectivity index (χ0n) is 15.2. The molecule has 0 heterocycles. The zero-order chi connectivity index (χ0) is 20.5. The number of para-hydroxylation sites is 1. The monoisotopic (exact) mass is 445 g/mol. The Balaban J connectivity index is 1.95. The highest BCUT2D eigenvalue weighted by Gasteiger charge is 2.11. The molecule has 0 fully saturated rings. The van der Waals surface area contributed by atoms with Gasteiger partial charge in [-0.15, -0.1) is 6.58 Å². The lowest BCUT2D eigenvalue weighted by Crippen LogP contribution is -2.24. The van der Waals surface area contributed by atoms with E-state index in [0.717, 1.165) is 4.47 Å². The summed E-state index contributed by atoms with van der Waals surface area (Å²) in [6.07, 6.45) is 3.13. The van der Waals surface area contributed by atoms with Gasteiger partial charge in [0.25, 0.3) is 0 Å². The van der Waals surface area contributed by atoms with Crippen LogP contribution in [0.2, 0.25) is 0 Å². The molecule has 0 atom stereocenters. The number of nitrogens with zero attached hydrogens (tertiary/aromatic N) is 1. The highest BCUT2D eigenvalue weighted by molar-refractivity contribution is 9.10. The topological polar surface area (TPSA) is 100 Å². The summed E-state index contributed by atoms with van der Waals surface area (Å²) in [5, 5.41) is 16.6. The van der Waals surface area contributed by atoms with Crippen molar-refractivity contribution < 1.29 is 19.4 Å².